The third-order valence-electron chi connectivity index (χ3n) is 2.47. The average Bonchev–Trinajstić information content (AvgIpc) is 2.30. The van der Waals surface area contributed by atoms with Gasteiger partial charge in [-0.1, -0.05) is 15.9 Å². The molecule has 0 saturated heterocycles. The molecule has 0 aliphatic rings. The largest absolute Gasteiger partial charge is 0.393 e. The SMILES string of the molecule is CC(O)CCN(C)C(=O)Nc1c(F)cc(Br)cc1F. The molecule has 0 spiro atoms. The van der Waals surface area contributed by atoms with Gasteiger partial charge in [0.05, 0.1) is 6.10 Å². The van der Waals surface area contributed by atoms with E-state index in [1.807, 2.05) is 0 Å². The maximum Gasteiger partial charge on any atom is 0.321 e. The molecular formula is C12H15BrF2N2O2. The van der Waals surface area contributed by atoms with Gasteiger partial charge in [0.25, 0.3) is 0 Å². The lowest BCUT2D eigenvalue weighted by Crippen LogP contribution is -2.33. The Bertz CT molecular complexity index is 446. The van der Waals surface area contributed by atoms with E-state index in [2.05, 4.69) is 21.2 Å². The van der Waals surface area contributed by atoms with Gasteiger partial charge < -0.3 is 15.3 Å². The predicted molar refractivity (Wildman–Crippen MR) is 72.0 cm³/mol. The monoisotopic (exact) mass is 336 g/mol. The Morgan fingerprint density at radius 2 is 2.00 bits per heavy atom. The molecule has 2 N–H and O–H groups in total. The Kier molecular flexibility index (Phi) is 5.68. The summed E-state index contributed by atoms with van der Waals surface area (Å²) in [6.45, 7) is 1.88. The summed E-state index contributed by atoms with van der Waals surface area (Å²) in [5.41, 5.74) is -0.489. The van der Waals surface area contributed by atoms with Crippen molar-refractivity contribution in [1.29, 1.82) is 0 Å². The molecule has 0 aliphatic heterocycles. The van der Waals surface area contributed by atoms with Crippen LogP contribution in [0.15, 0.2) is 16.6 Å². The number of rotatable bonds is 4. The van der Waals surface area contributed by atoms with Crippen LogP contribution in [0.2, 0.25) is 0 Å². The summed E-state index contributed by atoms with van der Waals surface area (Å²) < 4.78 is 27.3. The molecule has 1 rings (SSSR count). The standard InChI is InChI=1S/C12H15BrF2N2O2/c1-7(18)3-4-17(2)12(19)16-11-9(14)5-8(13)6-10(11)15/h5-7,18H,3-4H2,1-2H3,(H,16,19). The van der Waals surface area contributed by atoms with Gasteiger partial charge in [0, 0.05) is 18.1 Å². The Labute approximate surface area is 118 Å². The van der Waals surface area contributed by atoms with Crippen molar-refractivity contribution in [2.75, 3.05) is 18.9 Å². The van der Waals surface area contributed by atoms with E-state index in [0.717, 1.165) is 12.1 Å². The van der Waals surface area contributed by atoms with Crippen molar-refractivity contribution in [3.63, 3.8) is 0 Å². The lowest BCUT2D eigenvalue weighted by Gasteiger charge is -2.19. The Morgan fingerprint density at radius 3 is 2.47 bits per heavy atom. The third-order valence-corrected chi connectivity index (χ3v) is 2.93. The molecule has 1 aromatic rings. The van der Waals surface area contributed by atoms with E-state index in [0.29, 0.717) is 6.42 Å². The molecular weight excluding hydrogens is 322 g/mol. The smallest absolute Gasteiger partial charge is 0.321 e. The number of carbonyl (C=O) groups is 1. The van der Waals surface area contributed by atoms with Crippen LogP contribution in [-0.2, 0) is 0 Å². The molecule has 7 heteroatoms. The number of aliphatic hydroxyl groups excluding tert-OH is 1. The van der Waals surface area contributed by atoms with Crippen molar-refractivity contribution in [3.05, 3.63) is 28.2 Å². The molecule has 0 saturated carbocycles. The maximum absolute atomic E-state index is 13.5. The van der Waals surface area contributed by atoms with Crippen LogP contribution in [-0.4, -0.2) is 35.7 Å². The van der Waals surface area contributed by atoms with Crippen molar-refractivity contribution >= 4 is 27.6 Å². The first-order valence-corrected chi connectivity index (χ1v) is 6.45. The molecule has 4 nitrogen and oxygen atoms in total. The van der Waals surface area contributed by atoms with Gasteiger partial charge in [-0.25, -0.2) is 13.6 Å². The number of benzene rings is 1. The minimum Gasteiger partial charge on any atom is -0.393 e. The van der Waals surface area contributed by atoms with E-state index in [9.17, 15) is 13.6 Å². The van der Waals surface area contributed by atoms with Crippen molar-refractivity contribution in [3.8, 4) is 0 Å². The van der Waals surface area contributed by atoms with Gasteiger partial charge in [-0.05, 0) is 25.5 Å². The predicted octanol–water partition coefficient (Wildman–Crippen LogP) is 2.96. The fourth-order valence-electron chi connectivity index (χ4n) is 1.35. The Balaban J connectivity index is 2.72. The van der Waals surface area contributed by atoms with Crippen molar-refractivity contribution in [1.82, 2.24) is 4.90 Å². The summed E-state index contributed by atoms with van der Waals surface area (Å²) in [4.78, 5) is 12.9. The lowest BCUT2D eigenvalue weighted by atomic mass is 10.2. The second kappa shape index (κ2) is 6.81. The second-order valence-corrected chi connectivity index (χ2v) is 5.15. The number of amides is 2. The summed E-state index contributed by atoms with van der Waals surface area (Å²) in [7, 11) is 1.48. The highest BCUT2D eigenvalue weighted by Crippen LogP contribution is 2.23. The average molecular weight is 337 g/mol. The summed E-state index contributed by atoms with van der Waals surface area (Å²) in [6, 6.07) is 1.49. The molecule has 0 radical (unpaired) electrons. The number of halogens is 3. The molecule has 106 valence electrons. The van der Waals surface area contributed by atoms with Crippen molar-refractivity contribution in [2.24, 2.45) is 0 Å². The van der Waals surface area contributed by atoms with Gasteiger partial charge in [-0.15, -0.1) is 0 Å². The first-order chi connectivity index (χ1) is 8.81. The summed E-state index contributed by atoms with van der Waals surface area (Å²) in [6.07, 6.45) is -0.161. The summed E-state index contributed by atoms with van der Waals surface area (Å²) in [5.74, 6) is -1.71. The van der Waals surface area contributed by atoms with Gasteiger partial charge >= 0.3 is 6.03 Å². The van der Waals surface area contributed by atoms with Crippen LogP contribution in [0.25, 0.3) is 0 Å². The minimum absolute atomic E-state index is 0.253. The Morgan fingerprint density at radius 1 is 1.47 bits per heavy atom. The van der Waals surface area contributed by atoms with Crippen LogP contribution in [0, 0.1) is 11.6 Å². The summed E-state index contributed by atoms with van der Waals surface area (Å²) in [5, 5.41) is 11.3. The van der Waals surface area contributed by atoms with E-state index in [1.165, 1.54) is 11.9 Å². The molecule has 2 amide bonds. The summed E-state index contributed by atoms with van der Waals surface area (Å²) >= 11 is 2.95. The van der Waals surface area contributed by atoms with Crippen molar-refractivity contribution < 1.29 is 18.7 Å². The highest BCUT2D eigenvalue weighted by molar-refractivity contribution is 9.10. The fraction of sp³-hybridized carbons (Fsp3) is 0.417. The zero-order chi connectivity index (χ0) is 14.6. The molecule has 19 heavy (non-hydrogen) atoms. The molecule has 1 atom stereocenters. The normalized spacial score (nSPS) is 12.1. The number of urea groups is 1. The van der Waals surface area contributed by atoms with Gasteiger partial charge in [0.15, 0.2) is 11.6 Å². The van der Waals surface area contributed by atoms with Crippen LogP contribution >= 0.6 is 15.9 Å². The van der Waals surface area contributed by atoms with E-state index < -0.39 is 29.5 Å². The number of hydrogen-bond donors (Lipinski definition) is 2. The number of anilines is 1. The zero-order valence-electron chi connectivity index (χ0n) is 10.6. The van der Waals surface area contributed by atoms with Crippen LogP contribution in [0.4, 0.5) is 19.3 Å². The molecule has 0 aliphatic carbocycles. The molecule has 0 aromatic heterocycles. The molecule has 1 unspecified atom stereocenters. The highest BCUT2D eigenvalue weighted by Gasteiger charge is 2.16. The van der Waals surface area contributed by atoms with Gasteiger partial charge in [0.1, 0.15) is 5.69 Å². The van der Waals surface area contributed by atoms with E-state index in [4.69, 9.17) is 5.11 Å². The second-order valence-electron chi connectivity index (χ2n) is 4.23. The van der Waals surface area contributed by atoms with Crippen LogP contribution in [0.3, 0.4) is 0 Å². The fourth-order valence-corrected chi connectivity index (χ4v) is 1.75. The maximum atomic E-state index is 13.5. The molecule has 0 fully saturated rings. The van der Waals surface area contributed by atoms with E-state index in [-0.39, 0.29) is 11.0 Å². The van der Waals surface area contributed by atoms with E-state index >= 15 is 0 Å². The number of hydrogen-bond acceptors (Lipinski definition) is 2. The minimum atomic E-state index is -0.857. The van der Waals surface area contributed by atoms with E-state index in [1.54, 1.807) is 6.92 Å². The van der Waals surface area contributed by atoms with Crippen LogP contribution in [0.1, 0.15) is 13.3 Å². The lowest BCUT2D eigenvalue weighted by molar-refractivity contribution is 0.167. The van der Waals surface area contributed by atoms with Gasteiger partial charge in [0.2, 0.25) is 0 Å². The molecule has 0 heterocycles. The quantitative estimate of drug-likeness (QED) is 0.888. The van der Waals surface area contributed by atoms with Crippen LogP contribution < -0.4 is 5.32 Å². The van der Waals surface area contributed by atoms with Gasteiger partial charge in [-0.3, -0.25) is 0 Å². The first-order valence-electron chi connectivity index (χ1n) is 5.66. The molecule has 1 aromatic carbocycles. The topological polar surface area (TPSA) is 52.6 Å². The zero-order valence-corrected chi connectivity index (χ0v) is 12.2. The third kappa shape index (κ3) is 4.76. The Hall–Kier alpha value is -1.21. The first kappa shape index (κ1) is 15.8. The number of aliphatic hydroxyl groups is 1. The molecule has 0 bridgehead atoms. The van der Waals surface area contributed by atoms with Crippen molar-refractivity contribution in [2.45, 2.75) is 19.4 Å². The number of nitrogens with zero attached hydrogens (tertiary/aromatic N) is 1. The van der Waals surface area contributed by atoms with Gasteiger partial charge in [-0.2, -0.15) is 0 Å². The van der Waals surface area contributed by atoms with Crippen LogP contribution in [0.5, 0.6) is 0 Å². The highest BCUT2D eigenvalue weighted by atomic mass is 79.9. The number of nitrogens with one attached hydrogen (secondary N) is 1. The number of carbonyl (C=O) groups excluding carboxylic acids is 1.